The normalized spacial score (nSPS) is 10.0. The molecule has 0 aliphatic heterocycles. The number of benzene rings is 1. The molecule has 0 bridgehead atoms. The zero-order valence-corrected chi connectivity index (χ0v) is 12.6. The van der Waals surface area contributed by atoms with E-state index in [9.17, 15) is 0 Å². The molecule has 0 unspecified atom stereocenters. The molecule has 0 saturated carbocycles. The minimum absolute atomic E-state index is 0.330. The van der Waals surface area contributed by atoms with Gasteiger partial charge in [-0.25, -0.2) is 4.98 Å². The van der Waals surface area contributed by atoms with Crippen LogP contribution in [0.4, 0.5) is 5.82 Å². The minimum Gasteiger partial charge on any atom is -0.355 e. The fourth-order valence-corrected chi connectivity index (χ4v) is 2.16. The van der Waals surface area contributed by atoms with Crippen LogP contribution in [0.1, 0.15) is 11.1 Å². The highest BCUT2D eigenvalue weighted by atomic mass is 79.9. The Balaban J connectivity index is 2.20. The molecule has 0 fully saturated rings. The molecule has 0 radical (unpaired) electrons. The molecule has 0 N–H and O–H groups in total. The summed E-state index contributed by atoms with van der Waals surface area (Å²) in [6.07, 6.45) is 0. The smallest absolute Gasteiger partial charge is 0.132 e. The second kappa shape index (κ2) is 6.05. The molecule has 19 heavy (non-hydrogen) atoms. The van der Waals surface area contributed by atoms with Gasteiger partial charge in [-0.3, -0.25) is 0 Å². The first-order valence-corrected chi connectivity index (χ1v) is 6.79. The maximum Gasteiger partial charge on any atom is 0.132 e. The van der Waals surface area contributed by atoms with Crippen LogP contribution in [0.15, 0.2) is 40.9 Å². The van der Waals surface area contributed by atoms with Gasteiger partial charge in [0.1, 0.15) is 11.0 Å². The van der Waals surface area contributed by atoms with Crippen molar-refractivity contribution in [2.24, 2.45) is 0 Å². The Morgan fingerprint density at radius 2 is 2.00 bits per heavy atom. The first-order valence-electron chi connectivity index (χ1n) is 5.62. The van der Waals surface area contributed by atoms with E-state index in [2.05, 4.69) is 27.0 Å². The summed E-state index contributed by atoms with van der Waals surface area (Å²) in [7, 11) is 1.92. The van der Waals surface area contributed by atoms with Crippen LogP contribution in [0.5, 0.6) is 0 Å². The molecule has 1 aromatic carbocycles. The Kier molecular flexibility index (Phi) is 4.41. The number of rotatable bonds is 3. The van der Waals surface area contributed by atoms with E-state index in [-0.39, 0.29) is 0 Å². The third-order valence-corrected chi connectivity index (χ3v) is 3.36. The maximum atomic E-state index is 8.93. The quantitative estimate of drug-likeness (QED) is 0.795. The molecule has 2 rings (SSSR count). The molecule has 2 aromatic rings. The predicted octanol–water partition coefficient (Wildman–Crippen LogP) is 4.01. The first kappa shape index (κ1) is 13.9. The highest BCUT2D eigenvalue weighted by Crippen LogP contribution is 2.19. The van der Waals surface area contributed by atoms with E-state index in [1.54, 1.807) is 12.1 Å². The minimum atomic E-state index is 0.330. The molecular weight excluding hydrogens is 326 g/mol. The largest absolute Gasteiger partial charge is 0.355 e. The second-order valence-corrected chi connectivity index (χ2v) is 5.43. The van der Waals surface area contributed by atoms with Gasteiger partial charge >= 0.3 is 0 Å². The molecule has 5 heteroatoms. The number of nitrogens with zero attached hydrogens (tertiary/aromatic N) is 3. The van der Waals surface area contributed by atoms with Crippen molar-refractivity contribution in [1.29, 1.82) is 5.26 Å². The van der Waals surface area contributed by atoms with Crippen molar-refractivity contribution in [3.05, 3.63) is 57.2 Å². The molecule has 0 aliphatic rings. The third kappa shape index (κ3) is 3.69. The van der Waals surface area contributed by atoms with Crippen LogP contribution in [-0.4, -0.2) is 12.0 Å². The van der Waals surface area contributed by atoms with Crippen LogP contribution in [0.3, 0.4) is 0 Å². The molecule has 0 amide bonds. The summed E-state index contributed by atoms with van der Waals surface area (Å²) >= 11 is 9.31. The summed E-state index contributed by atoms with van der Waals surface area (Å²) in [6, 6.07) is 13.4. The van der Waals surface area contributed by atoms with Crippen LogP contribution in [0.2, 0.25) is 5.15 Å². The Bertz CT molecular complexity index is 620. The van der Waals surface area contributed by atoms with E-state index < -0.39 is 0 Å². The number of aromatic nitrogens is 1. The SMILES string of the molecule is CN(Cc1ccc(Br)cc1)c1cc(C#N)cc(Cl)n1. The number of hydrogen-bond acceptors (Lipinski definition) is 3. The lowest BCUT2D eigenvalue weighted by atomic mass is 10.2. The first-order chi connectivity index (χ1) is 9.08. The van der Waals surface area contributed by atoms with E-state index in [1.165, 1.54) is 0 Å². The molecular formula is C14H11BrClN3. The Morgan fingerprint density at radius 1 is 1.32 bits per heavy atom. The molecule has 0 aliphatic carbocycles. The van der Waals surface area contributed by atoms with Crippen LogP contribution in [-0.2, 0) is 6.54 Å². The lowest BCUT2D eigenvalue weighted by molar-refractivity contribution is 0.897. The zero-order chi connectivity index (χ0) is 13.8. The van der Waals surface area contributed by atoms with Crippen LogP contribution in [0, 0.1) is 11.3 Å². The van der Waals surface area contributed by atoms with Gasteiger partial charge in [0, 0.05) is 18.1 Å². The van der Waals surface area contributed by atoms with E-state index in [0.29, 0.717) is 23.1 Å². The number of anilines is 1. The van der Waals surface area contributed by atoms with Gasteiger partial charge in [-0.05, 0) is 29.8 Å². The monoisotopic (exact) mass is 335 g/mol. The molecule has 96 valence electrons. The Hall–Kier alpha value is -1.57. The fraction of sp³-hybridized carbons (Fsp3) is 0.143. The van der Waals surface area contributed by atoms with Crippen molar-refractivity contribution >= 4 is 33.3 Å². The van der Waals surface area contributed by atoms with Gasteiger partial charge in [0.05, 0.1) is 11.6 Å². The van der Waals surface area contributed by atoms with Gasteiger partial charge in [-0.1, -0.05) is 39.7 Å². The van der Waals surface area contributed by atoms with Crippen LogP contribution in [0.25, 0.3) is 0 Å². The lowest BCUT2D eigenvalue weighted by Crippen LogP contribution is -2.17. The molecule has 1 heterocycles. The third-order valence-electron chi connectivity index (χ3n) is 2.63. The van der Waals surface area contributed by atoms with E-state index in [4.69, 9.17) is 16.9 Å². The summed E-state index contributed by atoms with van der Waals surface area (Å²) < 4.78 is 1.05. The maximum absolute atomic E-state index is 8.93. The molecule has 3 nitrogen and oxygen atoms in total. The fourth-order valence-electron chi connectivity index (χ4n) is 1.69. The zero-order valence-electron chi connectivity index (χ0n) is 10.3. The van der Waals surface area contributed by atoms with Gasteiger partial charge in [0.15, 0.2) is 0 Å². The summed E-state index contributed by atoms with van der Waals surface area (Å²) in [4.78, 5) is 6.18. The van der Waals surface area contributed by atoms with Crippen LogP contribution < -0.4 is 4.90 Å². The molecule has 0 atom stereocenters. The van der Waals surface area contributed by atoms with E-state index >= 15 is 0 Å². The van der Waals surface area contributed by atoms with Crippen molar-refractivity contribution in [3.8, 4) is 6.07 Å². The number of nitriles is 1. The molecule has 1 aromatic heterocycles. The topological polar surface area (TPSA) is 39.9 Å². The summed E-state index contributed by atoms with van der Waals surface area (Å²) in [5.74, 6) is 0.687. The standard InChI is InChI=1S/C14H11BrClN3/c1-19(9-10-2-4-12(15)5-3-10)14-7-11(8-17)6-13(16)18-14/h2-7H,9H2,1H3. The summed E-state index contributed by atoms with van der Waals surface area (Å²) in [6.45, 7) is 0.700. The number of halogens is 2. The highest BCUT2D eigenvalue weighted by molar-refractivity contribution is 9.10. The molecule has 0 saturated heterocycles. The van der Waals surface area contributed by atoms with Crippen molar-refractivity contribution in [1.82, 2.24) is 4.98 Å². The Labute approximate surface area is 125 Å². The predicted molar refractivity (Wildman–Crippen MR) is 80.2 cm³/mol. The highest BCUT2D eigenvalue weighted by Gasteiger charge is 2.07. The average molecular weight is 337 g/mol. The Morgan fingerprint density at radius 3 is 2.63 bits per heavy atom. The van der Waals surface area contributed by atoms with Crippen molar-refractivity contribution in [3.63, 3.8) is 0 Å². The number of pyridine rings is 1. The van der Waals surface area contributed by atoms with Crippen molar-refractivity contribution in [2.75, 3.05) is 11.9 Å². The summed E-state index contributed by atoms with van der Waals surface area (Å²) in [5, 5.41) is 9.26. The summed E-state index contributed by atoms with van der Waals surface area (Å²) in [5.41, 5.74) is 1.67. The number of hydrogen-bond donors (Lipinski definition) is 0. The van der Waals surface area contributed by atoms with E-state index in [1.807, 2.05) is 36.2 Å². The van der Waals surface area contributed by atoms with Gasteiger partial charge in [-0.15, -0.1) is 0 Å². The van der Waals surface area contributed by atoms with Crippen molar-refractivity contribution < 1.29 is 0 Å². The van der Waals surface area contributed by atoms with Gasteiger partial charge < -0.3 is 4.90 Å². The van der Waals surface area contributed by atoms with Crippen molar-refractivity contribution in [2.45, 2.75) is 6.54 Å². The second-order valence-electron chi connectivity index (χ2n) is 4.13. The lowest BCUT2D eigenvalue weighted by Gasteiger charge is -2.18. The van der Waals surface area contributed by atoms with Gasteiger partial charge in [-0.2, -0.15) is 5.26 Å². The molecule has 0 spiro atoms. The average Bonchev–Trinajstić information content (AvgIpc) is 2.40. The van der Waals surface area contributed by atoms with Crippen LogP contribution >= 0.6 is 27.5 Å². The van der Waals surface area contributed by atoms with E-state index in [0.717, 1.165) is 10.0 Å². The van der Waals surface area contributed by atoms with Gasteiger partial charge in [0.25, 0.3) is 0 Å². The van der Waals surface area contributed by atoms with Gasteiger partial charge in [0.2, 0.25) is 0 Å².